The second kappa shape index (κ2) is 9.66. The number of ether oxygens (including phenoxy) is 3. The highest BCUT2D eigenvalue weighted by Crippen LogP contribution is 2.33. The lowest BCUT2D eigenvalue weighted by atomic mass is 9.97. The highest BCUT2D eigenvalue weighted by atomic mass is 79.9. The Balaban J connectivity index is 1.99. The highest BCUT2D eigenvalue weighted by Gasteiger charge is 2.27. The van der Waals surface area contributed by atoms with Crippen LogP contribution in [0, 0.1) is 5.92 Å². The lowest BCUT2D eigenvalue weighted by Crippen LogP contribution is -2.46. The Morgan fingerprint density at radius 1 is 1.23 bits per heavy atom. The lowest BCUT2D eigenvalue weighted by Gasteiger charge is -2.33. The summed E-state index contributed by atoms with van der Waals surface area (Å²) in [4.78, 5) is 18.2. The number of carbonyl (C=O) groups is 1. The zero-order chi connectivity index (χ0) is 19.1. The van der Waals surface area contributed by atoms with E-state index < -0.39 is 0 Å². The molecule has 0 aromatic heterocycles. The van der Waals surface area contributed by atoms with E-state index in [1.807, 2.05) is 12.1 Å². The van der Waals surface area contributed by atoms with Crippen molar-refractivity contribution in [2.45, 2.75) is 19.4 Å². The maximum Gasteiger partial charge on any atom is 0.308 e. The Labute approximate surface area is 162 Å². The molecule has 1 aliphatic rings. The van der Waals surface area contributed by atoms with Gasteiger partial charge in [-0.3, -0.25) is 9.79 Å². The number of piperidine rings is 1. The van der Waals surface area contributed by atoms with Crippen molar-refractivity contribution in [1.82, 2.24) is 10.2 Å². The number of carbonyl (C=O) groups excluding carboxylic acids is 1. The van der Waals surface area contributed by atoms with Crippen LogP contribution in [0.15, 0.2) is 21.6 Å². The number of likely N-dealkylation sites (tertiary alicyclic amines) is 1. The molecule has 0 unspecified atom stereocenters. The molecule has 0 aliphatic carbocycles. The summed E-state index contributed by atoms with van der Waals surface area (Å²) in [6.07, 6.45) is 1.54. The van der Waals surface area contributed by atoms with Gasteiger partial charge in [-0.05, 0) is 30.5 Å². The molecule has 144 valence electrons. The summed E-state index contributed by atoms with van der Waals surface area (Å²) in [5, 5.41) is 3.38. The fourth-order valence-electron chi connectivity index (χ4n) is 3.03. The predicted octanol–water partition coefficient (Wildman–Crippen LogP) is 2.43. The number of hydrogen-bond acceptors (Lipinski definition) is 5. The molecule has 0 atom stereocenters. The number of rotatable bonds is 5. The molecule has 1 fully saturated rings. The van der Waals surface area contributed by atoms with Gasteiger partial charge in [0.15, 0.2) is 17.5 Å². The number of methoxy groups -OCH3 is 3. The molecule has 1 aliphatic heterocycles. The van der Waals surface area contributed by atoms with Gasteiger partial charge in [-0.25, -0.2) is 0 Å². The highest BCUT2D eigenvalue weighted by molar-refractivity contribution is 9.10. The van der Waals surface area contributed by atoms with Gasteiger partial charge in [-0.1, -0.05) is 15.9 Å². The molecule has 0 radical (unpaired) electrons. The molecule has 1 N–H and O–H groups in total. The van der Waals surface area contributed by atoms with Gasteiger partial charge in [0.1, 0.15) is 0 Å². The first kappa shape index (κ1) is 20.4. The largest absolute Gasteiger partial charge is 0.493 e. The predicted molar refractivity (Wildman–Crippen MR) is 104 cm³/mol. The Hall–Kier alpha value is -1.96. The maximum atomic E-state index is 11.7. The van der Waals surface area contributed by atoms with E-state index in [2.05, 4.69) is 31.1 Å². The maximum absolute atomic E-state index is 11.7. The zero-order valence-electron chi connectivity index (χ0n) is 15.7. The second-order valence-corrected chi connectivity index (χ2v) is 6.84. The number of guanidine groups is 1. The smallest absolute Gasteiger partial charge is 0.308 e. The van der Waals surface area contributed by atoms with Gasteiger partial charge in [0.2, 0.25) is 0 Å². The Bertz CT molecular complexity index is 658. The standard InChI is InChI=1S/C18H26BrN3O4/c1-20-18(22-7-5-12(6-8-22)17(23)26-4)21-11-13-9-15(24-2)16(25-3)10-14(13)19/h9-10,12H,5-8,11H2,1-4H3,(H,20,21). The normalized spacial score (nSPS) is 15.6. The molecule has 0 spiro atoms. The molecule has 1 saturated heterocycles. The average molecular weight is 428 g/mol. The van der Waals surface area contributed by atoms with E-state index in [4.69, 9.17) is 14.2 Å². The van der Waals surface area contributed by atoms with Crippen molar-refractivity contribution in [2.75, 3.05) is 41.5 Å². The van der Waals surface area contributed by atoms with Crippen LogP contribution in [-0.4, -0.2) is 58.3 Å². The van der Waals surface area contributed by atoms with E-state index in [-0.39, 0.29) is 11.9 Å². The number of halogens is 1. The first-order valence-corrected chi connectivity index (χ1v) is 9.27. The van der Waals surface area contributed by atoms with Crippen LogP contribution in [0.5, 0.6) is 11.5 Å². The summed E-state index contributed by atoms with van der Waals surface area (Å²) < 4.78 is 16.4. The molecule has 0 saturated carbocycles. The quantitative estimate of drug-likeness (QED) is 0.441. The Morgan fingerprint density at radius 3 is 2.38 bits per heavy atom. The van der Waals surface area contributed by atoms with Gasteiger partial charge < -0.3 is 24.4 Å². The van der Waals surface area contributed by atoms with Crippen LogP contribution < -0.4 is 14.8 Å². The molecule has 8 heteroatoms. The summed E-state index contributed by atoms with van der Waals surface area (Å²) in [6.45, 7) is 2.13. The monoisotopic (exact) mass is 427 g/mol. The van der Waals surface area contributed by atoms with Gasteiger partial charge in [0.05, 0.1) is 27.2 Å². The number of benzene rings is 1. The van der Waals surface area contributed by atoms with E-state index in [9.17, 15) is 4.79 Å². The third kappa shape index (κ3) is 4.81. The van der Waals surface area contributed by atoms with E-state index in [0.29, 0.717) is 18.0 Å². The average Bonchev–Trinajstić information content (AvgIpc) is 2.68. The van der Waals surface area contributed by atoms with E-state index in [1.165, 1.54) is 7.11 Å². The number of nitrogens with zero attached hydrogens (tertiary/aromatic N) is 2. The van der Waals surface area contributed by atoms with Crippen LogP contribution in [-0.2, 0) is 16.1 Å². The molecule has 1 aromatic rings. The molecule has 0 amide bonds. The van der Waals surface area contributed by atoms with Crippen LogP contribution in [0.3, 0.4) is 0 Å². The molecular formula is C18H26BrN3O4. The van der Waals surface area contributed by atoms with E-state index in [1.54, 1.807) is 21.3 Å². The topological polar surface area (TPSA) is 72.4 Å². The number of esters is 1. The van der Waals surface area contributed by atoms with Gasteiger partial charge >= 0.3 is 5.97 Å². The van der Waals surface area contributed by atoms with Crippen molar-refractivity contribution in [3.63, 3.8) is 0 Å². The Morgan fingerprint density at radius 2 is 1.85 bits per heavy atom. The molecule has 2 rings (SSSR count). The second-order valence-electron chi connectivity index (χ2n) is 5.98. The minimum Gasteiger partial charge on any atom is -0.493 e. The van der Waals surface area contributed by atoms with Crippen molar-refractivity contribution < 1.29 is 19.0 Å². The van der Waals surface area contributed by atoms with Crippen molar-refractivity contribution in [3.8, 4) is 11.5 Å². The van der Waals surface area contributed by atoms with Crippen LogP contribution in [0.2, 0.25) is 0 Å². The van der Waals surface area contributed by atoms with Crippen molar-refractivity contribution in [1.29, 1.82) is 0 Å². The first-order chi connectivity index (χ1) is 12.5. The third-order valence-electron chi connectivity index (χ3n) is 4.53. The fourth-order valence-corrected chi connectivity index (χ4v) is 3.49. The molecule has 0 bridgehead atoms. The summed E-state index contributed by atoms with van der Waals surface area (Å²) in [6, 6.07) is 3.83. The van der Waals surface area contributed by atoms with E-state index in [0.717, 1.165) is 41.9 Å². The summed E-state index contributed by atoms with van der Waals surface area (Å²) in [5.74, 6) is 2.03. The molecule has 1 aromatic carbocycles. The van der Waals surface area contributed by atoms with E-state index >= 15 is 0 Å². The minimum atomic E-state index is -0.123. The van der Waals surface area contributed by atoms with Gasteiger partial charge in [-0.15, -0.1) is 0 Å². The lowest BCUT2D eigenvalue weighted by molar-refractivity contribution is -0.146. The van der Waals surface area contributed by atoms with Gasteiger partial charge in [0, 0.05) is 31.2 Å². The SMILES string of the molecule is CN=C(NCc1cc(OC)c(OC)cc1Br)N1CCC(C(=O)OC)CC1. The van der Waals surface area contributed by atoms with Crippen molar-refractivity contribution in [3.05, 3.63) is 22.2 Å². The van der Waals surface area contributed by atoms with Gasteiger partial charge in [0.25, 0.3) is 0 Å². The number of hydrogen-bond donors (Lipinski definition) is 1. The van der Waals surface area contributed by atoms with Crippen molar-refractivity contribution in [2.24, 2.45) is 10.9 Å². The van der Waals surface area contributed by atoms with Gasteiger partial charge in [-0.2, -0.15) is 0 Å². The summed E-state index contributed by atoms with van der Waals surface area (Å²) in [7, 11) is 6.43. The summed E-state index contributed by atoms with van der Waals surface area (Å²) in [5.41, 5.74) is 1.04. The number of aliphatic imine (C=N–C) groups is 1. The van der Waals surface area contributed by atoms with Crippen LogP contribution in [0.1, 0.15) is 18.4 Å². The Kier molecular flexibility index (Phi) is 7.56. The summed E-state index contributed by atoms with van der Waals surface area (Å²) >= 11 is 3.57. The van der Waals surface area contributed by atoms with Crippen LogP contribution in [0.4, 0.5) is 0 Å². The van der Waals surface area contributed by atoms with Crippen LogP contribution in [0.25, 0.3) is 0 Å². The zero-order valence-corrected chi connectivity index (χ0v) is 17.3. The molecule has 7 nitrogen and oxygen atoms in total. The first-order valence-electron chi connectivity index (χ1n) is 8.47. The third-order valence-corrected chi connectivity index (χ3v) is 5.27. The minimum absolute atomic E-state index is 0.0191. The molecule has 1 heterocycles. The number of nitrogens with one attached hydrogen (secondary N) is 1. The molecule has 26 heavy (non-hydrogen) atoms. The fraction of sp³-hybridized carbons (Fsp3) is 0.556. The van der Waals surface area contributed by atoms with Crippen molar-refractivity contribution >= 4 is 27.9 Å². The molecular weight excluding hydrogens is 402 g/mol. The van der Waals surface area contributed by atoms with Crippen LogP contribution >= 0.6 is 15.9 Å².